The SMILES string of the molecule is OC1(Cc2cccnc2Cl)CCCNC1. The highest BCUT2D eigenvalue weighted by Gasteiger charge is 2.29. The molecule has 1 saturated heterocycles. The number of piperidine rings is 1. The highest BCUT2D eigenvalue weighted by atomic mass is 35.5. The predicted molar refractivity (Wildman–Crippen MR) is 60.0 cm³/mol. The molecule has 1 aliphatic rings. The van der Waals surface area contributed by atoms with Gasteiger partial charge in [-0.1, -0.05) is 17.7 Å². The van der Waals surface area contributed by atoms with Crippen LogP contribution in [0.5, 0.6) is 0 Å². The average Bonchev–Trinajstić information content (AvgIpc) is 2.22. The zero-order valence-corrected chi connectivity index (χ0v) is 9.30. The van der Waals surface area contributed by atoms with Crippen LogP contribution in [0.2, 0.25) is 5.15 Å². The van der Waals surface area contributed by atoms with Gasteiger partial charge in [-0.15, -0.1) is 0 Å². The maximum Gasteiger partial charge on any atom is 0.132 e. The zero-order chi connectivity index (χ0) is 10.7. The van der Waals surface area contributed by atoms with E-state index in [-0.39, 0.29) is 0 Å². The molecule has 3 nitrogen and oxygen atoms in total. The van der Waals surface area contributed by atoms with E-state index in [1.807, 2.05) is 12.1 Å². The number of nitrogens with one attached hydrogen (secondary N) is 1. The van der Waals surface area contributed by atoms with Gasteiger partial charge in [0.05, 0.1) is 5.60 Å². The van der Waals surface area contributed by atoms with Crippen LogP contribution in [0.3, 0.4) is 0 Å². The van der Waals surface area contributed by atoms with Crippen molar-refractivity contribution >= 4 is 11.6 Å². The van der Waals surface area contributed by atoms with Crippen LogP contribution in [-0.4, -0.2) is 28.8 Å². The highest BCUT2D eigenvalue weighted by molar-refractivity contribution is 6.30. The fourth-order valence-electron chi connectivity index (χ4n) is 2.01. The Morgan fingerprint density at radius 2 is 2.47 bits per heavy atom. The van der Waals surface area contributed by atoms with E-state index in [1.54, 1.807) is 6.20 Å². The van der Waals surface area contributed by atoms with Crippen LogP contribution in [0, 0.1) is 0 Å². The van der Waals surface area contributed by atoms with Gasteiger partial charge in [0.2, 0.25) is 0 Å². The first-order valence-corrected chi connectivity index (χ1v) is 5.60. The summed E-state index contributed by atoms with van der Waals surface area (Å²) in [5.41, 5.74) is 0.260. The molecule has 1 atom stereocenters. The lowest BCUT2D eigenvalue weighted by atomic mass is 9.88. The summed E-state index contributed by atoms with van der Waals surface area (Å²) in [5.74, 6) is 0. The summed E-state index contributed by atoms with van der Waals surface area (Å²) in [4.78, 5) is 4.01. The molecule has 0 radical (unpaired) electrons. The molecule has 0 aliphatic carbocycles. The number of β-amino-alcohol motifs (C(OH)–C–C–N with tert-alkyl or cyclic N) is 1. The molecular weight excluding hydrogens is 212 g/mol. The standard InChI is InChI=1S/C11H15ClN2O/c12-10-9(3-1-6-14-10)7-11(15)4-2-5-13-8-11/h1,3,6,13,15H,2,4-5,7-8H2. The van der Waals surface area contributed by atoms with Crippen LogP contribution in [0.25, 0.3) is 0 Å². The lowest BCUT2D eigenvalue weighted by Crippen LogP contribution is -2.47. The number of rotatable bonds is 2. The predicted octanol–water partition coefficient (Wildman–Crippen LogP) is 1.39. The van der Waals surface area contributed by atoms with Gasteiger partial charge in [-0.2, -0.15) is 0 Å². The van der Waals surface area contributed by atoms with Crippen LogP contribution < -0.4 is 5.32 Å². The molecule has 2 N–H and O–H groups in total. The lowest BCUT2D eigenvalue weighted by molar-refractivity contribution is 0.0169. The van der Waals surface area contributed by atoms with Crippen molar-refractivity contribution in [2.75, 3.05) is 13.1 Å². The number of aromatic nitrogens is 1. The Labute approximate surface area is 94.5 Å². The smallest absolute Gasteiger partial charge is 0.132 e. The number of nitrogens with zero attached hydrogens (tertiary/aromatic N) is 1. The van der Waals surface area contributed by atoms with Gasteiger partial charge in [0.1, 0.15) is 5.15 Å². The monoisotopic (exact) mass is 226 g/mol. The van der Waals surface area contributed by atoms with Crippen LogP contribution in [0.4, 0.5) is 0 Å². The quantitative estimate of drug-likeness (QED) is 0.750. The fraction of sp³-hybridized carbons (Fsp3) is 0.545. The zero-order valence-electron chi connectivity index (χ0n) is 8.54. The molecule has 2 rings (SSSR count). The van der Waals surface area contributed by atoms with Crippen molar-refractivity contribution in [2.45, 2.75) is 24.9 Å². The molecule has 0 spiro atoms. The van der Waals surface area contributed by atoms with Gasteiger partial charge >= 0.3 is 0 Å². The maximum absolute atomic E-state index is 10.3. The first kappa shape index (κ1) is 10.9. The molecule has 0 aromatic carbocycles. The van der Waals surface area contributed by atoms with E-state index in [2.05, 4.69) is 10.3 Å². The molecule has 82 valence electrons. The molecule has 1 aromatic heterocycles. The largest absolute Gasteiger partial charge is 0.388 e. The minimum Gasteiger partial charge on any atom is -0.388 e. The topological polar surface area (TPSA) is 45.2 Å². The molecule has 0 saturated carbocycles. The van der Waals surface area contributed by atoms with Crippen LogP contribution in [0.15, 0.2) is 18.3 Å². The summed E-state index contributed by atoms with van der Waals surface area (Å²) in [6.07, 6.45) is 4.07. The third-order valence-corrected chi connectivity index (χ3v) is 3.15. The van der Waals surface area contributed by atoms with Gasteiger partial charge in [0.15, 0.2) is 0 Å². The van der Waals surface area contributed by atoms with Crippen molar-refractivity contribution in [3.05, 3.63) is 29.0 Å². The van der Waals surface area contributed by atoms with Crippen molar-refractivity contribution in [3.63, 3.8) is 0 Å². The summed E-state index contributed by atoms with van der Waals surface area (Å²) >= 11 is 5.96. The van der Waals surface area contributed by atoms with Gasteiger partial charge < -0.3 is 10.4 Å². The molecular formula is C11H15ClN2O. The summed E-state index contributed by atoms with van der Waals surface area (Å²) in [5, 5.41) is 14.0. The normalized spacial score (nSPS) is 26.5. The second kappa shape index (κ2) is 4.47. The first-order valence-electron chi connectivity index (χ1n) is 5.22. The van der Waals surface area contributed by atoms with Crippen LogP contribution in [-0.2, 0) is 6.42 Å². The Hall–Kier alpha value is -0.640. The van der Waals surface area contributed by atoms with Crippen molar-refractivity contribution in [1.82, 2.24) is 10.3 Å². The van der Waals surface area contributed by atoms with Gasteiger partial charge in [0.25, 0.3) is 0 Å². The summed E-state index contributed by atoms with van der Waals surface area (Å²) in [6.45, 7) is 1.63. The Morgan fingerprint density at radius 3 is 3.13 bits per heavy atom. The van der Waals surface area contributed by atoms with Gasteiger partial charge in [0, 0.05) is 19.2 Å². The number of aliphatic hydroxyl groups is 1. The molecule has 2 heterocycles. The molecule has 0 amide bonds. The third-order valence-electron chi connectivity index (χ3n) is 2.81. The third kappa shape index (κ3) is 2.68. The second-order valence-corrected chi connectivity index (χ2v) is 4.49. The average molecular weight is 227 g/mol. The summed E-state index contributed by atoms with van der Waals surface area (Å²) in [6, 6.07) is 3.77. The maximum atomic E-state index is 10.3. The van der Waals surface area contributed by atoms with E-state index in [1.165, 1.54) is 0 Å². The Balaban J connectivity index is 2.10. The number of pyridine rings is 1. The first-order chi connectivity index (χ1) is 7.20. The van der Waals surface area contributed by atoms with Crippen molar-refractivity contribution in [2.24, 2.45) is 0 Å². The number of hydrogen-bond acceptors (Lipinski definition) is 3. The van der Waals surface area contributed by atoms with E-state index in [0.29, 0.717) is 18.1 Å². The minimum absolute atomic E-state index is 0.497. The molecule has 0 bridgehead atoms. The molecule has 1 aromatic rings. The molecule has 4 heteroatoms. The number of hydrogen-bond donors (Lipinski definition) is 2. The van der Waals surface area contributed by atoms with E-state index in [9.17, 15) is 5.11 Å². The fourth-order valence-corrected chi connectivity index (χ4v) is 2.19. The highest BCUT2D eigenvalue weighted by Crippen LogP contribution is 2.24. The number of halogens is 1. The van der Waals surface area contributed by atoms with Crippen LogP contribution >= 0.6 is 11.6 Å². The van der Waals surface area contributed by atoms with Crippen LogP contribution in [0.1, 0.15) is 18.4 Å². The Bertz CT molecular complexity index is 337. The van der Waals surface area contributed by atoms with Crippen molar-refractivity contribution in [1.29, 1.82) is 0 Å². The summed E-state index contributed by atoms with van der Waals surface area (Å²) in [7, 11) is 0. The minimum atomic E-state index is -0.662. The molecule has 1 fully saturated rings. The Kier molecular flexibility index (Phi) is 3.24. The summed E-state index contributed by atoms with van der Waals surface area (Å²) < 4.78 is 0. The van der Waals surface area contributed by atoms with E-state index < -0.39 is 5.60 Å². The molecule has 1 unspecified atom stereocenters. The molecule has 1 aliphatic heterocycles. The van der Waals surface area contributed by atoms with E-state index in [0.717, 1.165) is 24.9 Å². The van der Waals surface area contributed by atoms with Crippen molar-refractivity contribution in [3.8, 4) is 0 Å². The van der Waals surface area contributed by atoms with E-state index in [4.69, 9.17) is 11.6 Å². The van der Waals surface area contributed by atoms with Gasteiger partial charge in [-0.05, 0) is 31.0 Å². The lowest BCUT2D eigenvalue weighted by Gasteiger charge is -2.32. The van der Waals surface area contributed by atoms with Gasteiger partial charge in [-0.25, -0.2) is 4.98 Å². The van der Waals surface area contributed by atoms with E-state index >= 15 is 0 Å². The van der Waals surface area contributed by atoms with Crippen molar-refractivity contribution < 1.29 is 5.11 Å². The second-order valence-electron chi connectivity index (χ2n) is 4.13. The van der Waals surface area contributed by atoms with Gasteiger partial charge in [-0.3, -0.25) is 0 Å². The Morgan fingerprint density at radius 1 is 1.60 bits per heavy atom. The molecule has 15 heavy (non-hydrogen) atoms.